The first-order valence-corrected chi connectivity index (χ1v) is 8.74. The molecule has 4 N–H and O–H groups in total. The zero-order chi connectivity index (χ0) is 17.6. The average molecular weight is 350 g/mol. The summed E-state index contributed by atoms with van der Waals surface area (Å²) in [6.07, 6.45) is 0. The molecule has 6 nitrogen and oxygen atoms in total. The van der Waals surface area contributed by atoms with E-state index < -0.39 is 10.0 Å². The van der Waals surface area contributed by atoms with Crippen molar-refractivity contribution < 1.29 is 12.8 Å². The van der Waals surface area contributed by atoms with Gasteiger partial charge in [-0.05, 0) is 35.4 Å². The minimum absolute atomic E-state index is 0.0741. The number of sulfonamides is 1. The summed E-state index contributed by atoms with van der Waals surface area (Å²) >= 11 is 0. The van der Waals surface area contributed by atoms with Crippen LogP contribution in [0.1, 0.15) is 11.1 Å². The minimum Gasteiger partial charge on any atom is -0.352 e. The van der Waals surface area contributed by atoms with Crippen LogP contribution in [0.4, 0.5) is 4.39 Å². The van der Waals surface area contributed by atoms with Crippen LogP contribution in [0.25, 0.3) is 0 Å². The van der Waals surface area contributed by atoms with Crippen LogP contribution in [-0.4, -0.2) is 21.4 Å². The third-order valence-corrected chi connectivity index (χ3v) is 4.24. The molecule has 0 bridgehead atoms. The Labute approximate surface area is 140 Å². The van der Waals surface area contributed by atoms with Crippen molar-refractivity contribution >= 4 is 16.0 Å². The lowest BCUT2D eigenvalue weighted by atomic mass is 10.2. The van der Waals surface area contributed by atoms with E-state index in [-0.39, 0.29) is 10.7 Å². The molecule has 0 aliphatic carbocycles. The standard InChI is InChI=1S/C16H19FN4O2S/c1-19-16(20-10-12-2-6-14(17)7-3-12)21-11-13-4-8-15(9-5-13)24(18,22)23/h2-9H,10-11H2,1H3,(H2,18,22,23)(H2,19,20,21). The highest BCUT2D eigenvalue weighted by atomic mass is 32.2. The van der Waals surface area contributed by atoms with Crippen molar-refractivity contribution in [3.8, 4) is 0 Å². The second-order valence-corrected chi connectivity index (χ2v) is 6.66. The van der Waals surface area contributed by atoms with E-state index in [2.05, 4.69) is 15.6 Å². The Kier molecular flexibility index (Phi) is 5.88. The first-order valence-electron chi connectivity index (χ1n) is 7.19. The van der Waals surface area contributed by atoms with Gasteiger partial charge in [0.2, 0.25) is 10.0 Å². The van der Waals surface area contributed by atoms with Gasteiger partial charge in [0.15, 0.2) is 5.96 Å². The summed E-state index contributed by atoms with van der Waals surface area (Å²) in [5.74, 6) is 0.305. The number of rotatable bonds is 5. The van der Waals surface area contributed by atoms with Crippen molar-refractivity contribution in [2.24, 2.45) is 10.1 Å². The molecule has 0 heterocycles. The Morgan fingerprint density at radius 3 is 1.88 bits per heavy atom. The highest BCUT2D eigenvalue weighted by molar-refractivity contribution is 7.89. The summed E-state index contributed by atoms with van der Waals surface area (Å²) in [6, 6.07) is 12.5. The molecule has 0 aliphatic rings. The number of aliphatic imine (C=N–C) groups is 1. The molecule has 0 radical (unpaired) electrons. The van der Waals surface area contributed by atoms with Crippen LogP contribution in [0.15, 0.2) is 58.4 Å². The summed E-state index contributed by atoms with van der Waals surface area (Å²) in [5.41, 5.74) is 1.81. The van der Waals surface area contributed by atoms with Crippen LogP contribution in [-0.2, 0) is 23.1 Å². The lowest BCUT2D eigenvalue weighted by Crippen LogP contribution is -2.36. The van der Waals surface area contributed by atoms with Crippen molar-refractivity contribution in [2.45, 2.75) is 18.0 Å². The van der Waals surface area contributed by atoms with Gasteiger partial charge < -0.3 is 10.6 Å². The van der Waals surface area contributed by atoms with E-state index in [0.717, 1.165) is 11.1 Å². The third-order valence-electron chi connectivity index (χ3n) is 3.31. The van der Waals surface area contributed by atoms with E-state index in [4.69, 9.17) is 5.14 Å². The van der Waals surface area contributed by atoms with Crippen molar-refractivity contribution in [1.82, 2.24) is 10.6 Å². The molecule has 0 aliphatic heterocycles. The Hall–Kier alpha value is -2.45. The molecular formula is C16H19FN4O2S. The van der Waals surface area contributed by atoms with Gasteiger partial charge in [0.1, 0.15) is 5.82 Å². The van der Waals surface area contributed by atoms with Crippen LogP contribution < -0.4 is 15.8 Å². The molecule has 0 saturated heterocycles. The van der Waals surface area contributed by atoms with Crippen molar-refractivity contribution in [3.05, 3.63) is 65.5 Å². The number of benzene rings is 2. The quantitative estimate of drug-likeness (QED) is 0.560. The van der Waals surface area contributed by atoms with Gasteiger partial charge in [0, 0.05) is 20.1 Å². The van der Waals surface area contributed by atoms with Crippen molar-refractivity contribution in [1.29, 1.82) is 0 Å². The third kappa shape index (κ3) is 5.32. The van der Waals surface area contributed by atoms with E-state index in [1.54, 1.807) is 31.3 Å². The number of hydrogen-bond acceptors (Lipinski definition) is 3. The number of nitrogens with two attached hydrogens (primary N) is 1. The number of hydrogen-bond donors (Lipinski definition) is 3. The molecule has 0 amide bonds. The summed E-state index contributed by atoms with van der Waals surface area (Å²) < 4.78 is 35.3. The SMILES string of the molecule is CN=C(NCc1ccc(F)cc1)NCc1ccc(S(N)(=O)=O)cc1. The minimum atomic E-state index is -3.68. The fourth-order valence-electron chi connectivity index (χ4n) is 1.99. The lowest BCUT2D eigenvalue weighted by molar-refractivity contribution is 0.597. The van der Waals surface area contributed by atoms with Gasteiger partial charge in [-0.2, -0.15) is 0 Å². The fourth-order valence-corrected chi connectivity index (χ4v) is 2.51. The van der Waals surface area contributed by atoms with Gasteiger partial charge in [0.25, 0.3) is 0 Å². The molecule has 24 heavy (non-hydrogen) atoms. The molecule has 2 rings (SSSR count). The van der Waals surface area contributed by atoms with Crippen LogP contribution in [0.5, 0.6) is 0 Å². The predicted molar refractivity (Wildman–Crippen MR) is 91.3 cm³/mol. The van der Waals surface area contributed by atoms with Crippen molar-refractivity contribution in [3.63, 3.8) is 0 Å². The Bertz CT molecular complexity index is 803. The maximum absolute atomic E-state index is 12.9. The maximum atomic E-state index is 12.9. The molecule has 0 spiro atoms. The van der Waals surface area contributed by atoms with Crippen LogP contribution >= 0.6 is 0 Å². The second kappa shape index (κ2) is 7.89. The lowest BCUT2D eigenvalue weighted by Gasteiger charge is -2.12. The topological polar surface area (TPSA) is 96.6 Å². The van der Waals surface area contributed by atoms with Gasteiger partial charge in [-0.1, -0.05) is 24.3 Å². The summed E-state index contributed by atoms with van der Waals surface area (Å²) in [6.45, 7) is 0.971. The highest BCUT2D eigenvalue weighted by Gasteiger charge is 2.07. The number of nitrogens with zero attached hydrogens (tertiary/aromatic N) is 1. The molecule has 0 fully saturated rings. The van der Waals surface area contributed by atoms with E-state index in [1.807, 2.05) is 0 Å². The molecule has 0 unspecified atom stereocenters. The molecule has 2 aromatic carbocycles. The summed E-state index contributed by atoms with van der Waals surface area (Å²) in [5, 5.41) is 11.3. The Morgan fingerprint density at radius 2 is 1.46 bits per heavy atom. The highest BCUT2D eigenvalue weighted by Crippen LogP contribution is 2.08. The zero-order valence-electron chi connectivity index (χ0n) is 13.2. The van der Waals surface area contributed by atoms with Gasteiger partial charge in [0.05, 0.1) is 4.90 Å². The maximum Gasteiger partial charge on any atom is 0.238 e. The number of guanidine groups is 1. The van der Waals surface area contributed by atoms with E-state index in [0.29, 0.717) is 19.0 Å². The first kappa shape index (κ1) is 17.9. The summed E-state index contributed by atoms with van der Waals surface area (Å²) in [4.78, 5) is 4.17. The molecule has 2 aromatic rings. The van der Waals surface area contributed by atoms with Crippen LogP contribution in [0, 0.1) is 5.82 Å². The normalized spacial score (nSPS) is 12.0. The monoisotopic (exact) mass is 350 g/mol. The largest absolute Gasteiger partial charge is 0.352 e. The Morgan fingerprint density at radius 1 is 1.00 bits per heavy atom. The fraction of sp³-hybridized carbons (Fsp3) is 0.188. The van der Waals surface area contributed by atoms with E-state index >= 15 is 0 Å². The number of halogens is 1. The predicted octanol–water partition coefficient (Wildman–Crippen LogP) is 1.34. The van der Waals surface area contributed by atoms with Gasteiger partial charge in [-0.25, -0.2) is 17.9 Å². The molecule has 8 heteroatoms. The smallest absolute Gasteiger partial charge is 0.238 e. The molecule has 0 aromatic heterocycles. The Balaban J connectivity index is 1.88. The zero-order valence-corrected chi connectivity index (χ0v) is 14.0. The molecular weight excluding hydrogens is 331 g/mol. The van der Waals surface area contributed by atoms with Gasteiger partial charge >= 0.3 is 0 Å². The number of nitrogens with one attached hydrogen (secondary N) is 2. The van der Waals surface area contributed by atoms with Crippen molar-refractivity contribution in [2.75, 3.05) is 7.05 Å². The second-order valence-electron chi connectivity index (χ2n) is 5.09. The number of primary sulfonamides is 1. The van der Waals surface area contributed by atoms with E-state index in [1.165, 1.54) is 24.3 Å². The summed E-state index contributed by atoms with van der Waals surface area (Å²) in [7, 11) is -2.04. The van der Waals surface area contributed by atoms with Crippen LogP contribution in [0.2, 0.25) is 0 Å². The first-order chi connectivity index (χ1) is 11.4. The molecule has 0 saturated carbocycles. The van der Waals surface area contributed by atoms with Crippen LogP contribution in [0.3, 0.4) is 0 Å². The average Bonchev–Trinajstić information content (AvgIpc) is 2.56. The van der Waals surface area contributed by atoms with E-state index in [9.17, 15) is 12.8 Å². The molecule has 0 atom stereocenters. The molecule has 128 valence electrons. The van der Waals surface area contributed by atoms with Gasteiger partial charge in [-0.3, -0.25) is 4.99 Å². The van der Waals surface area contributed by atoms with Gasteiger partial charge in [-0.15, -0.1) is 0 Å².